The summed E-state index contributed by atoms with van der Waals surface area (Å²) in [5.41, 5.74) is 3.21. The Kier molecular flexibility index (Phi) is 7.78. The van der Waals surface area contributed by atoms with Gasteiger partial charge in [-0.15, -0.1) is 0 Å². The van der Waals surface area contributed by atoms with Crippen LogP contribution in [0.4, 0.5) is 0 Å². The first kappa shape index (κ1) is 27.6. The smallest absolute Gasteiger partial charge is 0.255 e. The molecule has 0 spiro atoms. The predicted octanol–water partition coefficient (Wildman–Crippen LogP) is 2.18. The number of hydrogen-bond acceptors (Lipinski definition) is 7. The summed E-state index contributed by atoms with van der Waals surface area (Å²) in [7, 11) is -3.80. The van der Waals surface area contributed by atoms with Crippen molar-refractivity contribution >= 4 is 15.7 Å². The number of para-hydroxylation sites is 1. The van der Waals surface area contributed by atoms with Crippen molar-refractivity contribution in [2.45, 2.75) is 49.7 Å². The summed E-state index contributed by atoms with van der Waals surface area (Å²) < 4.78 is 24.8. The highest BCUT2D eigenvalue weighted by Gasteiger charge is 2.39. The van der Waals surface area contributed by atoms with Crippen molar-refractivity contribution < 1.29 is 28.5 Å². The number of fused-ring (bicyclic) bond motifs is 1. The monoisotopic (exact) mass is 540 g/mol. The first-order chi connectivity index (χ1) is 17.9. The van der Waals surface area contributed by atoms with Crippen molar-refractivity contribution in [2.75, 3.05) is 12.8 Å². The van der Waals surface area contributed by atoms with E-state index >= 15 is 0 Å². The first-order valence-corrected chi connectivity index (χ1v) is 14.2. The van der Waals surface area contributed by atoms with E-state index in [1.807, 2.05) is 18.2 Å². The third kappa shape index (κ3) is 5.82. The van der Waals surface area contributed by atoms with Crippen molar-refractivity contribution in [1.29, 1.82) is 0 Å². The molecule has 4 N–H and O–H groups in total. The van der Waals surface area contributed by atoms with Crippen LogP contribution in [0.2, 0.25) is 0 Å². The minimum absolute atomic E-state index is 0.00550. The van der Waals surface area contributed by atoms with Crippen LogP contribution in [0.15, 0.2) is 65.6 Å². The molecule has 2 aromatic carbocycles. The maximum atomic E-state index is 12.9. The average molecular weight is 541 g/mol. The summed E-state index contributed by atoms with van der Waals surface area (Å²) in [6, 6.07) is 14.8. The van der Waals surface area contributed by atoms with E-state index in [9.17, 15) is 33.3 Å². The van der Waals surface area contributed by atoms with Crippen LogP contribution in [-0.4, -0.2) is 57.9 Å². The Morgan fingerprint density at radius 3 is 2.53 bits per heavy atom. The Hall–Kier alpha value is -3.47. The zero-order chi connectivity index (χ0) is 27.7. The van der Waals surface area contributed by atoms with Gasteiger partial charge in [0.1, 0.15) is 12.0 Å². The fourth-order valence-corrected chi connectivity index (χ4v) is 5.48. The topological polar surface area (TPSA) is 146 Å². The number of nitrogens with zero attached hydrogens (tertiary/aromatic N) is 1. The van der Waals surface area contributed by atoms with Gasteiger partial charge in [0.15, 0.2) is 9.84 Å². The molecule has 1 aliphatic carbocycles. The Morgan fingerprint density at radius 2 is 1.84 bits per heavy atom. The number of aromatic nitrogens is 1. The Balaban J connectivity index is 1.52. The van der Waals surface area contributed by atoms with Crippen molar-refractivity contribution in [3.05, 3.63) is 87.8 Å². The molecule has 4 rings (SSSR count). The maximum Gasteiger partial charge on any atom is 0.255 e. The number of carbonyl (C=O) groups is 1. The van der Waals surface area contributed by atoms with Crippen molar-refractivity contribution in [3.63, 3.8) is 0 Å². The van der Waals surface area contributed by atoms with Gasteiger partial charge in [-0.1, -0.05) is 30.3 Å². The van der Waals surface area contributed by atoms with Crippen LogP contribution >= 0.6 is 0 Å². The van der Waals surface area contributed by atoms with Crippen LogP contribution in [0.25, 0.3) is 11.1 Å². The lowest BCUT2D eigenvalue weighted by molar-refractivity contribution is 0.0767. The largest absolute Gasteiger partial charge is 0.507 e. The summed E-state index contributed by atoms with van der Waals surface area (Å²) in [6.07, 6.45) is 2.32. The highest BCUT2D eigenvalue weighted by atomic mass is 32.2. The number of aliphatic hydroxyl groups is 2. The highest BCUT2D eigenvalue weighted by Crippen LogP contribution is 2.29. The van der Waals surface area contributed by atoms with Crippen LogP contribution in [0.1, 0.15) is 47.5 Å². The number of amides is 1. The maximum absolute atomic E-state index is 12.9. The number of aryl methyl sites for hydroxylation is 1. The van der Waals surface area contributed by atoms with Crippen LogP contribution < -0.4 is 10.9 Å². The number of benzene rings is 2. The lowest BCUT2D eigenvalue weighted by Crippen LogP contribution is -2.48. The highest BCUT2D eigenvalue weighted by molar-refractivity contribution is 7.92. The van der Waals surface area contributed by atoms with Gasteiger partial charge in [0.2, 0.25) is 0 Å². The van der Waals surface area contributed by atoms with Gasteiger partial charge < -0.3 is 20.6 Å². The molecule has 0 radical (unpaired) electrons. The van der Waals surface area contributed by atoms with Crippen LogP contribution in [0, 0.1) is 0 Å². The second kappa shape index (κ2) is 10.7. The zero-order valence-corrected chi connectivity index (χ0v) is 22.1. The molecule has 9 nitrogen and oxygen atoms in total. The van der Waals surface area contributed by atoms with Gasteiger partial charge in [-0.05, 0) is 66.6 Å². The number of aliphatic hydroxyl groups excluding tert-OH is 2. The number of carbonyl (C=O) groups excluding carboxylic acids is 1. The summed E-state index contributed by atoms with van der Waals surface area (Å²) in [6.45, 7) is 1.05. The van der Waals surface area contributed by atoms with E-state index in [1.54, 1.807) is 18.2 Å². The predicted molar refractivity (Wildman–Crippen MR) is 144 cm³/mol. The molecule has 0 saturated carbocycles. The molecular weight excluding hydrogens is 508 g/mol. The summed E-state index contributed by atoms with van der Waals surface area (Å²) in [5, 5.41) is 33.2. The number of pyridine rings is 1. The van der Waals surface area contributed by atoms with Gasteiger partial charge in [0.25, 0.3) is 11.5 Å². The van der Waals surface area contributed by atoms with Gasteiger partial charge in [-0.3, -0.25) is 14.2 Å². The lowest BCUT2D eigenvalue weighted by Gasteiger charge is -2.30. The van der Waals surface area contributed by atoms with E-state index in [-0.39, 0.29) is 30.4 Å². The lowest BCUT2D eigenvalue weighted by atomic mass is 9.88. The fourth-order valence-electron chi connectivity index (χ4n) is 4.70. The molecule has 0 aliphatic heterocycles. The van der Waals surface area contributed by atoms with Crippen molar-refractivity contribution in [1.82, 2.24) is 9.88 Å². The van der Waals surface area contributed by atoms with E-state index in [0.29, 0.717) is 18.4 Å². The van der Waals surface area contributed by atoms with E-state index < -0.39 is 32.3 Å². The molecule has 3 aromatic rings. The number of phenols is 1. The van der Waals surface area contributed by atoms with E-state index in [4.69, 9.17) is 0 Å². The van der Waals surface area contributed by atoms with Crippen LogP contribution in [0.5, 0.6) is 5.75 Å². The van der Waals surface area contributed by atoms with Crippen LogP contribution in [-0.2, 0) is 22.7 Å². The molecule has 1 heterocycles. The SMILES string of the molecule is CC(CNC(=O)c1ccccc1O)(CC(O)n1ccc(-c2ccc3c(c2)CCC(O)C3)cc1=O)S(C)(=O)=O. The number of hydrogen-bond donors (Lipinski definition) is 4. The number of sulfone groups is 1. The molecule has 202 valence electrons. The Labute approximate surface area is 221 Å². The van der Waals surface area contributed by atoms with Gasteiger partial charge in [-0.25, -0.2) is 8.42 Å². The Morgan fingerprint density at radius 1 is 1.13 bits per heavy atom. The number of phenolic OH excluding ortho intramolecular Hbond substituents is 1. The molecule has 38 heavy (non-hydrogen) atoms. The number of nitrogens with one attached hydrogen (secondary N) is 1. The molecule has 1 aliphatic rings. The molecule has 0 saturated heterocycles. The summed E-state index contributed by atoms with van der Waals surface area (Å²) in [5.74, 6) is -0.900. The Bertz CT molecular complexity index is 1520. The first-order valence-electron chi connectivity index (χ1n) is 12.3. The van der Waals surface area contributed by atoms with Crippen molar-refractivity contribution in [2.24, 2.45) is 0 Å². The second-order valence-corrected chi connectivity index (χ2v) is 12.7. The second-order valence-electron chi connectivity index (χ2n) is 10.1. The normalized spacial score (nSPS) is 17.7. The number of rotatable bonds is 8. The van der Waals surface area contributed by atoms with Crippen LogP contribution in [0.3, 0.4) is 0 Å². The van der Waals surface area contributed by atoms with E-state index in [2.05, 4.69) is 5.32 Å². The molecule has 1 aromatic heterocycles. The number of aromatic hydroxyl groups is 1. The average Bonchev–Trinajstić information content (AvgIpc) is 2.86. The standard InChI is InChI=1S/C28H32N2O7S/c1-28(38(2,36)37,17-29-27(35)23-5-3-4-6-24(23)32)16-26(34)30-12-11-21(15-25(30)33)18-7-8-20-14-22(31)10-9-19(20)13-18/h3-8,11-13,15,22,26,31-32,34H,9-10,14,16-17H2,1-2H3,(H,29,35). The van der Waals surface area contributed by atoms with E-state index in [1.165, 1.54) is 31.3 Å². The molecule has 3 atom stereocenters. The summed E-state index contributed by atoms with van der Waals surface area (Å²) in [4.78, 5) is 25.5. The molecule has 10 heteroatoms. The van der Waals surface area contributed by atoms with Crippen molar-refractivity contribution in [3.8, 4) is 16.9 Å². The van der Waals surface area contributed by atoms with Gasteiger partial charge in [0, 0.05) is 31.5 Å². The molecule has 0 fully saturated rings. The van der Waals surface area contributed by atoms with E-state index in [0.717, 1.165) is 33.9 Å². The molecule has 1 amide bonds. The quantitative estimate of drug-likeness (QED) is 0.343. The third-order valence-electron chi connectivity index (χ3n) is 7.29. The minimum Gasteiger partial charge on any atom is -0.507 e. The van der Waals surface area contributed by atoms with Gasteiger partial charge >= 0.3 is 0 Å². The molecule has 0 bridgehead atoms. The van der Waals surface area contributed by atoms with Gasteiger partial charge in [-0.2, -0.15) is 0 Å². The third-order valence-corrected chi connectivity index (χ3v) is 9.39. The molecule has 3 unspecified atom stereocenters. The molecular formula is C28H32N2O7S. The fraction of sp³-hybridized carbons (Fsp3) is 0.357. The zero-order valence-electron chi connectivity index (χ0n) is 21.3. The minimum atomic E-state index is -3.80. The van der Waals surface area contributed by atoms with Gasteiger partial charge in [0.05, 0.1) is 16.4 Å². The summed E-state index contributed by atoms with van der Waals surface area (Å²) >= 11 is 0.